The van der Waals surface area contributed by atoms with Gasteiger partial charge in [-0.15, -0.1) is 0 Å². The predicted octanol–water partition coefficient (Wildman–Crippen LogP) is 2.54. The van der Waals surface area contributed by atoms with Crippen LogP contribution in [0, 0.1) is 0 Å². The average Bonchev–Trinajstić information content (AvgIpc) is 2.37. The van der Waals surface area contributed by atoms with Crippen molar-refractivity contribution in [3.63, 3.8) is 0 Å². The lowest BCUT2D eigenvalue weighted by Crippen LogP contribution is -2.42. The summed E-state index contributed by atoms with van der Waals surface area (Å²) in [5.41, 5.74) is 7.47. The van der Waals surface area contributed by atoms with E-state index in [0.29, 0.717) is 6.54 Å². The summed E-state index contributed by atoms with van der Waals surface area (Å²) in [5.74, 6) is 0. The first-order valence-electron chi connectivity index (χ1n) is 6.50. The third-order valence-corrected chi connectivity index (χ3v) is 3.75. The number of nitrogens with zero attached hydrogens (tertiary/aromatic N) is 1. The first-order valence-corrected chi connectivity index (χ1v) is 7.29. The maximum absolute atomic E-state index is 9.18. The quantitative estimate of drug-likeness (QED) is 0.813. The Hall–Kier alpha value is -0.420. The van der Waals surface area contributed by atoms with Gasteiger partial charge < -0.3 is 10.8 Å². The van der Waals surface area contributed by atoms with Crippen molar-refractivity contribution in [1.29, 1.82) is 0 Å². The fourth-order valence-corrected chi connectivity index (χ4v) is 2.68. The highest BCUT2D eigenvalue weighted by Crippen LogP contribution is 2.26. The molecule has 18 heavy (non-hydrogen) atoms. The van der Waals surface area contributed by atoms with Crippen LogP contribution in [0.3, 0.4) is 0 Å². The first-order chi connectivity index (χ1) is 8.63. The molecule has 0 fully saturated rings. The fourth-order valence-electron chi connectivity index (χ4n) is 2.26. The number of rotatable bonds is 7. The van der Waals surface area contributed by atoms with Gasteiger partial charge in [0, 0.05) is 23.1 Å². The third kappa shape index (κ3) is 4.05. The Morgan fingerprint density at radius 1 is 1.39 bits per heavy atom. The largest absolute Gasteiger partial charge is 0.395 e. The van der Waals surface area contributed by atoms with E-state index >= 15 is 0 Å². The highest BCUT2D eigenvalue weighted by atomic mass is 79.9. The highest BCUT2D eigenvalue weighted by Gasteiger charge is 2.24. The second-order valence-electron chi connectivity index (χ2n) is 4.42. The molecule has 4 heteroatoms. The van der Waals surface area contributed by atoms with Crippen LogP contribution < -0.4 is 5.73 Å². The first kappa shape index (κ1) is 15.6. The van der Waals surface area contributed by atoms with Crippen LogP contribution in [0.2, 0.25) is 0 Å². The van der Waals surface area contributed by atoms with Crippen molar-refractivity contribution in [2.75, 3.05) is 19.7 Å². The lowest BCUT2D eigenvalue weighted by atomic mass is 9.96. The third-order valence-electron chi connectivity index (χ3n) is 3.25. The maximum Gasteiger partial charge on any atom is 0.0558 e. The topological polar surface area (TPSA) is 49.5 Å². The molecule has 0 aliphatic carbocycles. The Kier molecular flexibility index (Phi) is 6.86. The van der Waals surface area contributed by atoms with Crippen LogP contribution in [0.4, 0.5) is 0 Å². The molecule has 0 amide bonds. The predicted molar refractivity (Wildman–Crippen MR) is 79.5 cm³/mol. The average molecular weight is 315 g/mol. The van der Waals surface area contributed by atoms with Gasteiger partial charge >= 0.3 is 0 Å². The van der Waals surface area contributed by atoms with Gasteiger partial charge in [-0.2, -0.15) is 0 Å². The zero-order valence-corrected chi connectivity index (χ0v) is 12.7. The minimum absolute atomic E-state index is 0.0748. The molecule has 0 aromatic heterocycles. The maximum atomic E-state index is 9.18. The molecule has 0 saturated heterocycles. The van der Waals surface area contributed by atoms with Gasteiger partial charge in [0.05, 0.1) is 6.61 Å². The van der Waals surface area contributed by atoms with Crippen molar-refractivity contribution in [2.45, 2.75) is 32.4 Å². The number of hydrogen-bond donors (Lipinski definition) is 2. The number of aliphatic hydroxyl groups is 1. The van der Waals surface area contributed by atoms with Crippen LogP contribution in [-0.2, 0) is 0 Å². The fraction of sp³-hybridized carbons (Fsp3) is 0.571. The molecule has 2 unspecified atom stereocenters. The van der Waals surface area contributed by atoms with E-state index in [9.17, 15) is 5.11 Å². The Morgan fingerprint density at radius 3 is 2.61 bits per heavy atom. The second kappa shape index (κ2) is 7.89. The molecule has 3 nitrogen and oxygen atoms in total. The lowest BCUT2D eigenvalue weighted by Gasteiger charge is -2.34. The van der Waals surface area contributed by atoms with Crippen molar-refractivity contribution in [1.82, 2.24) is 4.90 Å². The summed E-state index contributed by atoms with van der Waals surface area (Å²) >= 11 is 3.50. The Balaban J connectivity index is 3.03. The number of halogens is 1. The molecule has 0 aliphatic heterocycles. The van der Waals surface area contributed by atoms with Crippen molar-refractivity contribution < 1.29 is 5.11 Å². The number of benzene rings is 1. The van der Waals surface area contributed by atoms with Crippen molar-refractivity contribution in [3.8, 4) is 0 Å². The molecule has 1 aromatic carbocycles. The van der Waals surface area contributed by atoms with E-state index in [1.165, 1.54) is 5.56 Å². The van der Waals surface area contributed by atoms with Crippen molar-refractivity contribution in [2.24, 2.45) is 5.73 Å². The molecule has 0 radical (unpaired) electrons. The SMILES string of the molecule is CCC(N)C(c1cccc(Br)c1)N(CC)CCO. The molecule has 0 bridgehead atoms. The van der Waals surface area contributed by atoms with Gasteiger partial charge in [-0.3, -0.25) is 4.90 Å². The van der Waals surface area contributed by atoms with E-state index in [1.54, 1.807) is 0 Å². The highest BCUT2D eigenvalue weighted by molar-refractivity contribution is 9.10. The van der Waals surface area contributed by atoms with Crippen LogP contribution >= 0.6 is 15.9 Å². The summed E-state index contributed by atoms with van der Waals surface area (Å²) in [6.07, 6.45) is 0.916. The summed E-state index contributed by atoms with van der Waals surface area (Å²) in [5, 5.41) is 9.18. The zero-order valence-electron chi connectivity index (χ0n) is 11.1. The molecule has 1 rings (SSSR count). The number of aliphatic hydroxyl groups excluding tert-OH is 1. The van der Waals surface area contributed by atoms with E-state index in [-0.39, 0.29) is 18.7 Å². The number of nitrogens with two attached hydrogens (primary N) is 1. The van der Waals surface area contributed by atoms with Gasteiger partial charge in [0.2, 0.25) is 0 Å². The summed E-state index contributed by atoms with van der Waals surface area (Å²) in [4.78, 5) is 2.23. The molecule has 0 saturated carbocycles. The molecular formula is C14H23BrN2O. The Labute approximate surface area is 118 Å². The van der Waals surface area contributed by atoms with Crippen LogP contribution in [-0.4, -0.2) is 35.7 Å². The molecule has 0 spiro atoms. The van der Waals surface area contributed by atoms with Crippen LogP contribution in [0.15, 0.2) is 28.7 Å². The van der Waals surface area contributed by atoms with Crippen LogP contribution in [0.1, 0.15) is 31.9 Å². The normalized spacial score (nSPS) is 14.8. The number of hydrogen-bond acceptors (Lipinski definition) is 3. The minimum Gasteiger partial charge on any atom is -0.395 e. The van der Waals surface area contributed by atoms with E-state index in [0.717, 1.165) is 17.4 Å². The van der Waals surface area contributed by atoms with Gasteiger partial charge in [-0.05, 0) is 30.7 Å². The van der Waals surface area contributed by atoms with E-state index in [4.69, 9.17) is 5.73 Å². The van der Waals surface area contributed by atoms with E-state index in [1.807, 2.05) is 12.1 Å². The monoisotopic (exact) mass is 314 g/mol. The molecule has 1 aromatic rings. The van der Waals surface area contributed by atoms with Gasteiger partial charge in [0.1, 0.15) is 0 Å². The Bertz CT molecular complexity index is 359. The van der Waals surface area contributed by atoms with Gasteiger partial charge in [0.25, 0.3) is 0 Å². The summed E-state index contributed by atoms with van der Waals surface area (Å²) < 4.78 is 1.06. The standard InChI is InChI=1S/C14H23BrN2O/c1-3-13(16)14(17(4-2)8-9-18)11-6-5-7-12(15)10-11/h5-7,10,13-14,18H,3-4,8-9,16H2,1-2H3. The molecule has 0 aliphatic rings. The van der Waals surface area contributed by atoms with Crippen molar-refractivity contribution in [3.05, 3.63) is 34.3 Å². The van der Waals surface area contributed by atoms with Gasteiger partial charge in [-0.25, -0.2) is 0 Å². The second-order valence-corrected chi connectivity index (χ2v) is 5.34. The van der Waals surface area contributed by atoms with E-state index in [2.05, 4.69) is 46.8 Å². The minimum atomic E-state index is 0.0748. The van der Waals surface area contributed by atoms with E-state index < -0.39 is 0 Å². The molecule has 2 atom stereocenters. The molecule has 0 heterocycles. The summed E-state index contributed by atoms with van der Waals surface area (Å²) in [6.45, 7) is 5.90. The molecule has 3 N–H and O–H groups in total. The smallest absolute Gasteiger partial charge is 0.0558 e. The number of likely N-dealkylation sites (N-methyl/N-ethyl adjacent to an activating group) is 1. The van der Waals surface area contributed by atoms with Gasteiger partial charge in [0.15, 0.2) is 0 Å². The lowest BCUT2D eigenvalue weighted by molar-refractivity contribution is 0.138. The summed E-state index contributed by atoms with van der Waals surface area (Å²) in [6, 6.07) is 8.49. The van der Waals surface area contributed by atoms with Crippen molar-refractivity contribution >= 4 is 15.9 Å². The van der Waals surface area contributed by atoms with Crippen LogP contribution in [0.25, 0.3) is 0 Å². The Morgan fingerprint density at radius 2 is 2.11 bits per heavy atom. The summed E-state index contributed by atoms with van der Waals surface area (Å²) in [7, 11) is 0. The van der Waals surface area contributed by atoms with Crippen LogP contribution in [0.5, 0.6) is 0 Å². The molecule has 102 valence electrons. The van der Waals surface area contributed by atoms with Gasteiger partial charge in [-0.1, -0.05) is 41.9 Å². The zero-order chi connectivity index (χ0) is 13.5. The molecular weight excluding hydrogens is 292 g/mol.